The highest BCUT2D eigenvalue weighted by Gasteiger charge is 2.26. The summed E-state index contributed by atoms with van der Waals surface area (Å²) in [5, 5.41) is 11.9. The zero-order chi connectivity index (χ0) is 13.4. The van der Waals surface area contributed by atoms with Gasteiger partial charge in [-0.15, -0.1) is 10.2 Å². The van der Waals surface area contributed by atoms with Gasteiger partial charge in [-0.05, 0) is 38.0 Å². The van der Waals surface area contributed by atoms with Crippen molar-refractivity contribution >= 4 is 11.5 Å². The number of aryl methyl sites for hydroxylation is 1. The molecule has 0 aromatic carbocycles. The lowest BCUT2D eigenvalue weighted by molar-refractivity contribution is 0.276. The van der Waals surface area contributed by atoms with E-state index in [1.54, 1.807) is 0 Å². The van der Waals surface area contributed by atoms with Crippen LogP contribution in [-0.4, -0.2) is 25.6 Å². The molecule has 5 nitrogen and oxygen atoms in total. The number of aromatic nitrogens is 4. The third-order valence-electron chi connectivity index (χ3n) is 4.25. The molecule has 3 rings (SSSR count). The van der Waals surface area contributed by atoms with Crippen molar-refractivity contribution in [3.05, 3.63) is 18.2 Å². The summed E-state index contributed by atoms with van der Waals surface area (Å²) in [4.78, 5) is 4.43. The van der Waals surface area contributed by atoms with Crippen LogP contribution in [0.15, 0.2) is 12.4 Å². The zero-order valence-electron chi connectivity index (χ0n) is 11.8. The van der Waals surface area contributed by atoms with E-state index in [1.807, 2.05) is 23.7 Å². The lowest BCUT2D eigenvalue weighted by Crippen LogP contribution is -2.33. The average Bonchev–Trinajstić information content (AvgIpc) is 2.76. The summed E-state index contributed by atoms with van der Waals surface area (Å²) in [5.41, 5.74) is 0.825. The van der Waals surface area contributed by atoms with Gasteiger partial charge in [0.25, 0.3) is 0 Å². The number of rotatable bonds is 2. The molecular formula is C14H21N5. The largest absolute Gasteiger partial charge is 0.364 e. The standard InChI is InChI=1S/C14H21N5/c1-9-4-5-12(10(2)8-9)16-13-14-18-17-11(3)19(14)7-6-15-13/h6-7,9-10,12H,4-5,8H2,1-3H3,(H,15,16). The van der Waals surface area contributed by atoms with E-state index in [1.165, 1.54) is 19.3 Å². The van der Waals surface area contributed by atoms with Gasteiger partial charge in [-0.1, -0.05) is 13.8 Å². The van der Waals surface area contributed by atoms with Crippen molar-refractivity contribution in [3.63, 3.8) is 0 Å². The van der Waals surface area contributed by atoms with Gasteiger partial charge in [0.05, 0.1) is 0 Å². The maximum Gasteiger partial charge on any atom is 0.203 e. The van der Waals surface area contributed by atoms with Crippen LogP contribution in [-0.2, 0) is 0 Å². The lowest BCUT2D eigenvalue weighted by atomic mass is 9.80. The number of anilines is 1. The van der Waals surface area contributed by atoms with E-state index in [0.29, 0.717) is 12.0 Å². The van der Waals surface area contributed by atoms with Crippen LogP contribution in [0.25, 0.3) is 5.65 Å². The van der Waals surface area contributed by atoms with Gasteiger partial charge in [-0.2, -0.15) is 0 Å². The SMILES string of the molecule is Cc1nnc2c(NC3CCC(C)CC3C)nccn12. The summed E-state index contributed by atoms with van der Waals surface area (Å²) in [5.74, 6) is 3.27. The minimum atomic E-state index is 0.493. The first-order chi connectivity index (χ1) is 9.15. The molecule has 2 aromatic rings. The Kier molecular flexibility index (Phi) is 3.12. The molecule has 19 heavy (non-hydrogen) atoms. The van der Waals surface area contributed by atoms with E-state index in [2.05, 4.69) is 34.3 Å². The van der Waals surface area contributed by atoms with E-state index in [9.17, 15) is 0 Å². The van der Waals surface area contributed by atoms with E-state index < -0.39 is 0 Å². The number of hydrogen-bond acceptors (Lipinski definition) is 4. The molecule has 3 unspecified atom stereocenters. The molecule has 2 heterocycles. The van der Waals surface area contributed by atoms with Crippen molar-refractivity contribution in [1.29, 1.82) is 0 Å². The highest BCUT2D eigenvalue weighted by atomic mass is 15.3. The molecule has 5 heteroatoms. The van der Waals surface area contributed by atoms with Gasteiger partial charge in [0.2, 0.25) is 5.65 Å². The first-order valence-corrected chi connectivity index (χ1v) is 7.08. The number of nitrogens with one attached hydrogen (secondary N) is 1. The molecule has 0 aliphatic heterocycles. The fourth-order valence-electron chi connectivity index (χ4n) is 3.10. The third-order valence-corrected chi connectivity index (χ3v) is 4.25. The first-order valence-electron chi connectivity index (χ1n) is 7.08. The second-order valence-corrected chi connectivity index (χ2v) is 5.86. The van der Waals surface area contributed by atoms with Crippen LogP contribution in [0.2, 0.25) is 0 Å². The van der Waals surface area contributed by atoms with Crippen molar-refractivity contribution in [1.82, 2.24) is 19.6 Å². The van der Waals surface area contributed by atoms with Gasteiger partial charge in [0, 0.05) is 18.4 Å². The molecule has 3 atom stereocenters. The van der Waals surface area contributed by atoms with Gasteiger partial charge in [0.1, 0.15) is 5.82 Å². The number of hydrogen-bond donors (Lipinski definition) is 1. The maximum absolute atomic E-state index is 4.43. The Bertz CT molecular complexity index is 576. The van der Waals surface area contributed by atoms with Crippen LogP contribution >= 0.6 is 0 Å². The summed E-state index contributed by atoms with van der Waals surface area (Å²) in [6.45, 7) is 6.62. The summed E-state index contributed by atoms with van der Waals surface area (Å²) >= 11 is 0. The van der Waals surface area contributed by atoms with Crippen molar-refractivity contribution < 1.29 is 0 Å². The van der Waals surface area contributed by atoms with Crippen LogP contribution in [0.5, 0.6) is 0 Å². The zero-order valence-corrected chi connectivity index (χ0v) is 11.8. The molecule has 1 aliphatic carbocycles. The maximum atomic E-state index is 4.43. The fraction of sp³-hybridized carbons (Fsp3) is 0.643. The third kappa shape index (κ3) is 2.29. The van der Waals surface area contributed by atoms with Crippen LogP contribution in [0.3, 0.4) is 0 Å². The highest BCUT2D eigenvalue weighted by molar-refractivity contribution is 5.62. The number of fused-ring (bicyclic) bond motifs is 1. The molecular weight excluding hydrogens is 238 g/mol. The molecule has 1 fully saturated rings. The van der Waals surface area contributed by atoms with Gasteiger partial charge in [-0.25, -0.2) is 4.98 Å². The van der Waals surface area contributed by atoms with E-state index in [4.69, 9.17) is 0 Å². The van der Waals surface area contributed by atoms with Crippen molar-refractivity contribution in [2.24, 2.45) is 11.8 Å². The van der Waals surface area contributed by atoms with Crippen LogP contribution < -0.4 is 5.32 Å². The molecule has 0 spiro atoms. The Labute approximate surface area is 113 Å². The Morgan fingerprint density at radius 1 is 1.26 bits per heavy atom. The summed E-state index contributed by atoms with van der Waals surface area (Å²) in [7, 11) is 0. The van der Waals surface area contributed by atoms with Crippen molar-refractivity contribution in [3.8, 4) is 0 Å². The smallest absolute Gasteiger partial charge is 0.203 e. The van der Waals surface area contributed by atoms with Crippen molar-refractivity contribution in [2.75, 3.05) is 5.32 Å². The molecule has 0 radical (unpaired) electrons. The van der Waals surface area contributed by atoms with Crippen LogP contribution in [0.4, 0.5) is 5.82 Å². The van der Waals surface area contributed by atoms with Crippen molar-refractivity contribution in [2.45, 2.75) is 46.1 Å². The number of nitrogens with zero attached hydrogens (tertiary/aromatic N) is 4. The monoisotopic (exact) mass is 259 g/mol. The summed E-state index contributed by atoms with van der Waals surface area (Å²) < 4.78 is 1.98. The molecule has 1 saturated carbocycles. The molecule has 0 bridgehead atoms. The minimum absolute atomic E-state index is 0.493. The second-order valence-electron chi connectivity index (χ2n) is 5.86. The molecule has 0 saturated heterocycles. The van der Waals surface area contributed by atoms with E-state index in [0.717, 1.165) is 23.2 Å². The molecule has 1 aliphatic rings. The second kappa shape index (κ2) is 4.79. The quantitative estimate of drug-likeness (QED) is 0.901. The molecule has 1 N–H and O–H groups in total. The average molecular weight is 259 g/mol. The van der Waals surface area contributed by atoms with Gasteiger partial charge in [0.15, 0.2) is 5.82 Å². The van der Waals surface area contributed by atoms with E-state index >= 15 is 0 Å². The van der Waals surface area contributed by atoms with Gasteiger partial charge in [-0.3, -0.25) is 4.40 Å². The first kappa shape index (κ1) is 12.4. The fourth-order valence-corrected chi connectivity index (χ4v) is 3.10. The molecule has 0 amide bonds. The van der Waals surface area contributed by atoms with E-state index in [-0.39, 0.29) is 0 Å². The lowest BCUT2D eigenvalue weighted by Gasteiger charge is -2.33. The normalized spacial score (nSPS) is 27.6. The molecule has 2 aromatic heterocycles. The minimum Gasteiger partial charge on any atom is -0.364 e. The summed E-state index contributed by atoms with van der Waals surface area (Å²) in [6, 6.07) is 0.493. The van der Waals surface area contributed by atoms with Gasteiger partial charge >= 0.3 is 0 Å². The Morgan fingerprint density at radius 2 is 2.11 bits per heavy atom. The Morgan fingerprint density at radius 3 is 2.89 bits per heavy atom. The Hall–Kier alpha value is -1.65. The topological polar surface area (TPSA) is 55.1 Å². The summed E-state index contributed by atoms with van der Waals surface area (Å²) in [6.07, 6.45) is 7.49. The molecule has 102 valence electrons. The highest BCUT2D eigenvalue weighted by Crippen LogP contribution is 2.30. The predicted molar refractivity (Wildman–Crippen MR) is 75.1 cm³/mol. The van der Waals surface area contributed by atoms with Crippen LogP contribution in [0, 0.1) is 18.8 Å². The van der Waals surface area contributed by atoms with Crippen LogP contribution in [0.1, 0.15) is 38.9 Å². The predicted octanol–water partition coefficient (Wildman–Crippen LogP) is 2.67. The van der Waals surface area contributed by atoms with Gasteiger partial charge < -0.3 is 5.32 Å². The Balaban J connectivity index is 1.85.